The van der Waals surface area contributed by atoms with E-state index in [-0.39, 0.29) is 11.5 Å². The van der Waals surface area contributed by atoms with E-state index in [4.69, 9.17) is 4.74 Å². The van der Waals surface area contributed by atoms with Gasteiger partial charge in [0.25, 0.3) is 0 Å². The van der Waals surface area contributed by atoms with Crippen LogP contribution in [-0.2, 0) is 4.74 Å². The maximum atomic E-state index is 10.1. The third-order valence-corrected chi connectivity index (χ3v) is 3.76. The minimum absolute atomic E-state index is 0.168. The Morgan fingerprint density at radius 2 is 1.69 bits per heavy atom. The van der Waals surface area contributed by atoms with E-state index in [1.165, 1.54) is 12.8 Å². The number of aliphatic hydroxyl groups is 1. The summed E-state index contributed by atoms with van der Waals surface area (Å²) in [5.74, 6) is 0.289. The summed E-state index contributed by atoms with van der Waals surface area (Å²) in [4.78, 5) is 0. The molecule has 0 aliphatic carbocycles. The molecule has 0 aromatic heterocycles. The van der Waals surface area contributed by atoms with Crippen LogP contribution in [0.5, 0.6) is 0 Å². The number of rotatable bonds is 9. The normalized spacial score (nSPS) is 16.1. The summed E-state index contributed by atoms with van der Waals surface area (Å²) in [6.07, 6.45) is 5.72. The molecular formula is C14H30O2. The fraction of sp³-hybridized carbons (Fsp3) is 1.00. The predicted octanol–water partition coefficient (Wildman–Crippen LogP) is 4.12. The molecule has 0 aliphatic heterocycles. The van der Waals surface area contributed by atoms with Crippen molar-refractivity contribution < 1.29 is 9.84 Å². The van der Waals surface area contributed by atoms with E-state index in [2.05, 4.69) is 34.6 Å². The number of hydrogen-bond donors (Lipinski definition) is 1. The van der Waals surface area contributed by atoms with Crippen molar-refractivity contribution in [3.05, 3.63) is 0 Å². The fourth-order valence-corrected chi connectivity index (χ4v) is 1.82. The Kier molecular flexibility index (Phi) is 8.04. The van der Waals surface area contributed by atoms with E-state index >= 15 is 0 Å². The second-order valence-electron chi connectivity index (χ2n) is 4.98. The summed E-state index contributed by atoms with van der Waals surface area (Å²) in [6, 6.07) is 0. The Labute approximate surface area is 101 Å². The largest absolute Gasteiger partial charge is 0.368 e. The summed E-state index contributed by atoms with van der Waals surface area (Å²) in [7, 11) is 0. The van der Waals surface area contributed by atoms with Crippen molar-refractivity contribution in [1.82, 2.24) is 0 Å². The summed E-state index contributed by atoms with van der Waals surface area (Å²) in [6.45, 7) is 10.6. The van der Waals surface area contributed by atoms with E-state index in [1.807, 2.05) is 0 Å². The van der Waals surface area contributed by atoms with Crippen LogP contribution >= 0.6 is 0 Å². The van der Waals surface area contributed by atoms with Crippen molar-refractivity contribution in [3.63, 3.8) is 0 Å². The van der Waals surface area contributed by atoms with Crippen molar-refractivity contribution in [2.45, 2.75) is 85.0 Å². The molecule has 2 atom stereocenters. The van der Waals surface area contributed by atoms with Gasteiger partial charge >= 0.3 is 0 Å². The van der Waals surface area contributed by atoms with Gasteiger partial charge < -0.3 is 9.84 Å². The van der Waals surface area contributed by atoms with Gasteiger partial charge in [0, 0.05) is 5.92 Å². The van der Waals surface area contributed by atoms with Crippen molar-refractivity contribution in [2.75, 3.05) is 0 Å². The molecule has 0 aromatic rings. The maximum Gasteiger partial charge on any atom is 0.158 e. The van der Waals surface area contributed by atoms with Crippen LogP contribution in [-0.4, -0.2) is 17.0 Å². The summed E-state index contributed by atoms with van der Waals surface area (Å²) in [5.41, 5.74) is -0.168. The molecule has 2 heteroatoms. The summed E-state index contributed by atoms with van der Waals surface area (Å²) >= 11 is 0. The van der Waals surface area contributed by atoms with Gasteiger partial charge in [-0.3, -0.25) is 0 Å². The standard InChI is InChI=1S/C14H30O2/c1-6-10-11-12(7-2)13(15)16-14(5,8-3)9-4/h12-13,15H,6-11H2,1-5H3. The lowest BCUT2D eigenvalue weighted by Gasteiger charge is -2.33. The maximum absolute atomic E-state index is 10.1. The first-order chi connectivity index (χ1) is 7.52. The van der Waals surface area contributed by atoms with Crippen molar-refractivity contribution in [3.8, 4) is 0 Å². The monoisotopic (exact) mass is 230 g/mol. The second kappa shape index (κ2) is 8.08. The van der Waals surface area contributed by atoms with Crippen molar-refractivity contribution >= 4 is 0 Å². The first-order valence-corrected chi connectivity index (χ1v) is 6.88. The van der Waals surface area contributed by atoms with Crippen LogP contribution in [0.15, 0.2) is 0 Å². The highest BCUT2D eigenvalue weighted by atomic mass is 16.6. The third kappa shape index (κ3) is 5.31. The zero-order valence-electron chi connectivity index (χ0n) is 11.8. The van der Waals surface area contributed by atoms with E-state index in [0.717, 1.165) is 25.7 Å². The molecule has 0 radical (unpaired) electrons. The van der Waals surface area contributed by atoms with E-state index < -0.39 is 6.29 Å². The highest BCUT2D eigenvalue weighted by molar-refractivity contribution is 4.73. The molecule has 0 fully saturated rings. The predicted molar refractivity (Wildman–Crippen MR) is 69.4 cm³/mol. The van der Waals surface area contributed by atoms with Crippen molar-refractivity contribution in [1.29, 1.82) is 0 Å². The molecule has 0 aliphatic rings. The van der Waals surface area contributed by atoms with Gasteiger partial charge in [0.2, 0.25) is 0 Å². The average molecular weight is 230 g/mol. The molecule has 0 bridgehead atoms. The quantitative estimate of drug-likeness (QED) is 0.604. The lowest BCUT2D eigenvalue weighted by atomic mass is 9.96. The number of unbranched alkanes of at least 4 members (excludes halogenated alkanes) is 1. The summed E-state index contributed by atoms with van der Waals surface area (Å²) in [5, 5.41) is 10.1. The zero-order chi connectivity index (χ0) is 12.6. The van der Waals surface area contributed by atoms with Gasteiger partial charge in [-0.2, -0.15) is 0 Å². The van der Waals surface area contributed by atoms with Crippen LogP contribution in [0.4, 0.5) is 0 Å². The second-order valence-corrected chi connectivity index (χ2v) is 4.98. The topological polar surface area (TPSA) is 29.5 Å². The highest BCUT2D eigenvalue weighted by Gasteiger charge is 2.27. The smallest absolute Gasteiger partial charge is 0.158 e. The SMILES string of the molecule is CCCCC(CC)C(O)OC(C)(CC)CC. The fourth-order valence-electron chi connectivity index (χ4n) is 1.82. The van der Waals surface area contributed by atoms with Gasteiger partial charge in [-0.1, -0.05) is 40.5 Å². The van der Waals surface area contributed by atoms with Gasteiger partial charge in [0.05, 0.1) is 5.60 Å². The van der Waals surface area contributed by atoms with Crippen LogP contribution in [0, 0.1) is 5.92 Å². The molecule has 1 N–H and O–H groups in total. The Hall–Kier alpha value is -0.0800. The molecule has 0 saturated heterocycles. The first kappa shape index (κ1) is 15.9. The first-order valence-electron chi connectivity index (χ1n) is 6.88. The van der Waals surface area contributed by atoms with Gasteiger partial charge in [0.15, 0.2) is 6.29 Å². The van der Waals surface area contributed by atoms with E-state index in [9.17, 15) is 5.11 Å². The molecule has 2 unspecified atom stereocenters. The van der Waals surface area contributed by atoms with Crippen LogP contribution in [0.25, 0.3) is 0 Å². The summed E-state index contributed by atoms with van der Waals surface area (Å²) < 4.78 is 5.84. The number of hydrogen-bond acceptors (Lipinski definition) is 2. The van der Waals surface area contributed by atoms with Gasteiger partial charge in [-0.25, -0.2) is 0 Å². The molecule has 0 rings (SSSR count). The third-order valence-electron chi connectivity index (χ3n) is 3.76. The Morgan fingerprint density at radius 3 is 2.06 bits per heavy atom. The van der Waals surface area contributed by atoms with Gasteiger partial charge in [-0.05, 0) is 32.6 Å². The molecule has 0 aromatic carbocycles. The van der Waals surface area contributed by atoms with Gasteiger partial charge in [0.1, 0.15) is 0 Å². The minimum atomic E-state index is -0.596. The van der Waals surface area contributed by atoms with Crippen LogP contribution in [0.3, 0.4) is 0 Å². The molecule has 0 heterocycles. The molecule has 0 spiro atoms. The minimum Gasteiger partial charge on any atom is -0.368 e. The van der Waals surface area contributed by atoms with Gasteiger partial charge in [-0.15, -0.1) is 0 Å². The van der Waals surface area contributed by atoms with Crippen molar-refractivity contribution in [2.24, 2.45) is 5.92 Å². The molecule has 16 heavy (non-hydrogen) atoms. The molecule has 0 saturated carbocycles. The molecule has 98 valence electrons. The molecule has 0 amide bonds. The highest BCUT2D eigenvalue weighted by Crippen LogP contribution is 2.26. The molecule has 2 nitrogen and oxygen atoms in total. The zero-order valence-corrected chi connectivity index (χ0v) is 11.8. The van der Waals surface area contributed by atoms with E-state index in [0.29, 0.717) is 0 Å². The number of ether oxygens (including phenoxy) is 1. The van der Waals surface area contributed by atoms with Crippen LogP contribution in [0.1, 0.15) is 73.1 Å². The van der Waals surface area contributed by atoms with Crippen LogP contribution < -0.4 is 0 Å². The Balaban J connectivity index is 4.23. The Bertz CT molecular complexity index is 164. The van der Waals surface area contributed by atoms with E-state index in [1.54, 1.807) is 0 Å². The lowest BCUT2D eigenvalue weighted by Crippen LogP contribution is -2.36. The number of aliphatic hydroxyl groups excluding tert-OH is 1. The Morgan fingerprint density at radius 1 is 1.12 bits per heavy atom. The molecular weight excluding hydrogens is 200 g/mol. The van der Waals surface area contributed by atoms with Crippen LogP contribution in [0.2, 0.25) is 0 Å². The lowest BCUT2D eigenvalue weighted by molar-refractivity contribution is -0.207. The average Bonchev–Trinajstić information content (AvgIpc) is 2.29.